The van der Waals surface area contributed by atoms with Crippen molar-refractivity contribution >= 4 is 17.4 Å². The Kier molecular flexibility index (Phi) is 2.87. The first-order chi connectivity index (χ1) is 9.17. The van der Waals surface area contributed by atoms with Gasteiger partial charge in [-0.25, -0.2) is 14.5 Å². The summed E-state index contributed by atoms with van der Waals surface area (Å²) in [5, 5.41) is 3.39. The Hall–Kier alpha value is -2.08. The minimum absolute atomic E-state index is 0.175. The summed E-state index contributed by atoms with van der Waals surface area (Å²) >= 11 is 1.47. The maximum absolute atomic E-state index is 11.4. The molecule has 3 rings (SSSR count). The minimum atomic E-state index is -0.175. The number of benzene rings is 1. The fourth-order valence-corrected chi connectivity index (χ4v) is 2.35. The molecule has 0 atom stereocenters. The average Bonchev–Trinajstić information content (AvgIpc) is 2.78. The average molecular weight is 272 g/mol. The molecule has 0 amide bonds. The van der Waals surface area contributed by atoms with Gasteiger partial charge in [-0.2, -0.15) is 0 Å². The van der Waals surface area contributed by atoms with Gasteiger partial charge < -0.3 is 0 Å². The summed E-state index contributed by atoms with van der Waals surface area (Å²) < 4.78 is 1.60. The second-order valence-corrected chi connectivity index (χ2v) is 4.99. The van der Waals surface area contributed by atoms with E-state index in [2.05, 4.69) is 15.1 Å². The van der Waals surface area contributed by atoms with Crippen LogP contribution in [0.25, 0.3) is 17.0 Å². The number of fused-ring (bicyclic) bond motifs is 1. The highest BCUT2D eigenvalue weighted by molar-refractivity contribution is 7.98. The highest BCUT2D eigenvalue weighted by Gasteiger charge is 2.09. The van der Waals surface area contributed by atoms with Gasteiger partial charge in [0.25, 0.3) is 5.56 Å². The molecule has 2 aromatic heterocycles. The van der Waals surface area contributed by atoms with Crippen LogP contribution in [0.5, 0.6) is 0 Å². The lowest BCUT2D eigenvalue weighted by Crippen LogP contribution is -2.03. The van der Waals surface area contributed by atoms with E-state index < -0.39 is 0 Å². The molecule has 2 heterocycles. The van der Waals surface area contributed by atoms with Crippen LogP contribution in [0.3, 0.4) is 0 Å². The molecule has 3 aromatic rings. The second-order valence-electron chi connectivity index (χ2n) is 4.21. The molecule has 0 fully saturated rings. The van der Waals surface area contributed by atoms with E-state index in [9.17, 15) is 4.79 Å². The number of rotatable bonds is 2. The second kappa shape index (κ2) is 4.55. The zero-order valence-electron chi connectivity index (χ0n) is 10.5. The van der Waals surface area contributed by atoms with Gasteiger partial charge in [-0.05, 0) is 13.2 Å². The van der Waals surface area contributed by atoms with E-state index in [1.807, 2.05) is 37.4 Å². The van der Waals surface area contributed by atoms with Gasteiger partial charge in [0, 0.05) is 11.6 Å². The monoisotopic (exact) mass is 272 g/mol. The molecule has 96 valence electrons. The van der Waals surface area contributed by atoms with E-state index in [-0.39, 0.29) is 5.56 Å². The highest BCUT2D eigenvalue weighted by atomic mass is 32.2. The van der Waals surface area contributed by atoms with Crippen LogP contribution < -0.4 is 5.56 Å². The molecule has 0 aliphatic heterocycles. The summed E-state index contributed by atoms with van der Waals surface area (Å²) in [6, 6.07) is 9.47. The van der Waals surface area contributed by atoms with Crippen molar-refractivity contribution in [3.05, 3.63) is 46.2 Å². The number of nitrogens with zero attached hydrogens (tertiary/aromatic N) is 3. The van der Waals surface area contributed by atoms with Gasteiger partial charge in [-0.15, -0.1) is 0 Å². The van der Waals surface area contributed by atoms with Gasteiger partial charge in [-0.1, -0.05) is 41.6 Å². The minimum Gasteiger partial charge on any atom is -0.268 e. The number of nitrogens with one attached hydrogen (secondary N) is 1. The van der Waals surface area contributed by atoms with E-state index in [1.165, 1.54) is 23.4 Å². The maximum atomic E-state index is 11.4. The molecule has 6 heteroatoms. The third-order valence-corrected chi connectivity index (χ3v) is 3.46. The Morgan fingerprint density at radius 1 is 1.21 bits per heavy atom. The number of aromatic amines is 1. The van der Waals surface area contributed by atoms with Gasteiger partial charge in [0.15, 0.2) is 16.6 Å². The number of aromatic nitrogens is 4. The summed E-state index contributed by atoms with van der Waals surface area (Å²) in [6.45, 7) is 2.03. The maximum Gasteiger partial charge on any atom is 0.266 e. The van der Waals surface area contributed by atoms with Crippen molar-refractivity contribution in [3.63, 3.8) is 0 Å². The standard InChI is InChI=1S/C13H12N4OS/c1-8-3-5-9(6-4-8)12-14-10-7-11(18)16-17(10)13(15-12)19-2/h3-7H,1-2H3,(H,16,18). The fourth-order valence-electron chi connectivity index (χ4n) is 1.85. The van der Waals surface area contributed by atoms with Crippen LogP contribution >= 0.6 is 11.8 Å². The van der Waals surface area contributed by atoms with Crippen molar-refractivity contribution in [2.75, 3.05) is 6.26 Å². The molecule has 19 heavy (non-hydrogen) atoms. The van der Waals surface area contributed by atoms with E-state index in [0.29, 0.717) is 16.6 Å². The lowest BCUT2D eigenvalue weighted by atomic mass is 10.1. The Morgan fingerprint density at radius 2 is 1.95 bits per heavy atom. The van der Waals surface area contributed by atoms with Gasteiger partial charge in [0.05, 0.1) is 0 Å². The predicted octanol–water partition coefficient (Wildman–Crippen LogP) is 2.11. The Balaban J connectivity index is 2.24. The molecule has 0 bridgehead atoms. The lowest BCUT2D eigenvalue weighted by molar-refractivity contribution is 0.768. The molecule has 0 saturated heterocycles. The zero-order chi connectivity index (χ0) is 13.4. The van der Waals surface area contributed by atoms with E-state index >= 15 is 0 Å². The van der Waals surface area contributed by atoms with Crippen LogP contribution in [0.1, 0.15) is 5.56 Å². The molecule has 0 spiro atoms. The Labute approximate surface area is 113 Å². The van der Waals surface area contributed by atoms with Crippen LogP contribution in [-0.4, -0.2) is 25.8 Å². The zero-order valence-corrected chi connectivity index (χ0v) is 11.4. The molecular formula is C13H12N4OS. The third kappa shape index (κ3) is 2.15. The van der Waals surface area contributed by atoms with Crippen molar-refractivity contribution in [2.24, 2.45) is 0 Å². The summed E-state index contributed by atoms with van der Waals surface area (Å²) in [4.78, 5) is 20.3. The molecule has 0 unspecified atom stereocenters. The molecule has 1 N–H and O–H groups in total. The first-order valence-corrected chi connectivity index (χ1v) is 7.01. The SMILES string of the molecule is CSc1nc(-c2ccc(C)cc2)nc2cc(=O)[nH]n12. The molecule has 5 nitrogen and oxygen atoms in total. The highest BCUT2D eigenvalue weighted by Crippen LogP contribution is 2.20. The number of hydrogen-bond donors (Lipinski definition) is 1. The molecule has 1 aromatic carbocycles. The molecule has 0 saturated carbocycles. The molecule has 0 aliphatic carbocycles. The van der Waals surface area contributed by atoms with Gasteiger partial charge in [0.1, 0.15) is 0 Å². The lowest BCUT2D eigenvalue weighted by Gasteiger charge is -2.05. The third-order valence-electron chi connectivity index (χ3n) is 2.82. The molecule has 0 radical (unpaired) electrons. The van der Waals surface area contributed by atoms with E-state index in [0.717, 1.165) is 5.56 Å². The number of aryl methyl sites for hydroxylation is 1. The van der Waals surface area contributed by atoms with Crippen LogP contribution in [0, 0.1) is 6.92 Å². The Bertz CT molecular complexity index is 789. The van der Waals surface area contributed by atoms with Crippen LogP contribution in [0.4, 0.5) is 0 Å². The number of hydrogen-bond acceptors (Lipinski definition) is 4. The normalized spacial score (nSPS) is 11.1. The molecular weight excluding hydrogens is 260 g/mol. The van der Waals surface area contributed by atoms with E-state index in [1.54, 1.807) is 4.52 Å². The molecule has 0 aliphatic rings. The van der Waals surface area contributed by atoms with Gasteiger partial charge in [-0.3, -0.25) is 9.89 Å². The summed E-state index contributed by atoms with van der Waals surface area (Å²) in [6.07, 6.45) is 1.92. The first-order valence-electron chi connectivity index (χ1n) is 5.78. The number of thioether (sulfide) groups is 1. The van der Waals surface area contributed by atoms with Crippen molar-refractivity contribution in [2.45, 2.75) is 12.1 Å². The van der Waals surface area contributed by atoms with Crippen molar-refractivity contribution in [3.8, 4) is 11.4 Å². The number of H-pyrrole nitrogens is 1. The smallest absolute Gasteiger partial charge is 0.266 e. The van der Waals surface area contributed by atoms with E-state index in [4.69, 9.17) is 0 Å². The Morgan fingerprint density at radius 3 is 2.63 bits per heavy atom. The van der Waals surface area contributed by atoms with Gasteiger partial charge >= 0.3 is 0 Å². The van der Waals surface area contributed by atoms with Crippen LogP contribution in [0.15, 0.2) is 40.3 Å². The van der Waals surface area contributed by atoms with Crippen LogP contribution in [-0.2, 0) is 0 Å². The van der Waals surface area contributed by atoms with Crippen molar-refractivity contribution in [1.29, 1.82) is 0 Å². The summed E-state index contributed by atoms with van der Waals surface area (Å²) in [5.74, 6) is 0.628. The fraction of sp³-hybridized carbons (Fsp3) is 0.154. The predicted molar refractivity (Wildman–Crippen MR) is 75.6 cm³/mol. The van der Waals surface area contributed by atoms with Crippen molar-refractivity contribution < 1.29 is 0 Å². The summed E-state index contributed by atoms with van der Waals surface area (Å²) in [5.41, 5.74) is 2.54. The van der Waals surface area contributed by atoms with Crippen molar-refractivity contribution in [1.82, 2.24) is 19.6 Å². The quantitative estimate of drug-likeness (QED) is 0.726. The van der Waals surface area contributed by atoms with Gasteiger partial charge in [0.2, 0.25) is 0 Å². The van der Waals surface area contributed by atoms with Crippen LogP contribution in [0.2, 0.25) is 0 Å². The topological polar surface area (TPSA) is 63.0 Å². The summed E-state index contributed by atoms with van der Waals surface area (Å²) in [7, 11) is 0. The first kappa shape index (κ1) is 12.0. The largest absolute Gasteiger partial charge is 0.268 e.